The Balaban J connectivity index is 0.00000280. The van der Waals surface area contributed by atoms with Gasteiger partial charge in [0.2, 0.25) is 5.91 Å². The summed E-state index contributed by atoms with van der Waals surface area (Å²) in [5.41, 5.74) is 1.77. The highest BCUT2D eigenvalue weighted by Gasteiger charge is 2.22. The fourth-order valence-electron chi connectivity index (χ4n) is 3.98. The smallest absolute Gasteiger partial charge is 0.321 e. The maximum Gasteiger partial charge on any atom is 0.321 e. The highest BCUT2D eigenvalue weighted by atomic mass is 35.5. The Morgan fingerprint density at radius 3 is 2.75 bits per heavy atom. The van der Waals surface area contributed by atoms with Crippen LogP contribution in [0.4, 0.5) is 10.5 Å². The van der Waals surface area contributed by atoms with Crippen LogP contribution in [0.1, 0.15) is 44.6 Å². The summed E-state index contributed by atoms with van der Waals surface area (Å²) in [5.74, 6) is 1.08. The molecule has 2 aliphatic heterocycles. The molecule has 2 fully saturated rings. The molecule has 7 heteroatoms. The van der Waals surface area contributed by atoms with E-state index in [1.165, 1.54) is 12.8 Å². The van der Waals surface area contributed by atoms with Gasteiger partial charge in [-0.2, -0.15) is 0 Å². The molecular weight excluding hydrogens is 376 g/mol. The Hall–Kier alpha value is -1.79. The molecule has 156 valence electrons. The van der Waals surface area contributed by atoms with Gasteiger partial charge in [0, 0.05) is 31.7 Å². The van der Waals surface area contributed by atoms with Crippen molar-refractivity contribution in [2.24, 2.45) is 11.8 Å². The molecule has 2 unspecified atom stereocenters. The van der Waals surface area contributed by atoms with Gasteiger partial charge < -0.3 is 20.9 Å². The van der Waals surface area contributed by atoms with E-state index in [0.29, 0.717) is 24.8 Å². The largest absolute Gasteiger partial charge is 0.352 e. The average molecular weight is 409 g/mol. The average Bonchev–Trinajstić information content (AvgIpc) is 3.22. The molecular formula is C21H33ClN4O2. The van der Waals surface area contributed by atoms with E-state index in [-0.39, 0.29) is 24.3 Å². The third-order valence-electron chi connectivity index (χ3n) is 5.71. The van der Waals surface area contributed by atoms with E-state index >= 15 is 0 Å². The lowest BCUT2D eigenvalue weighted by molar-refractivity contribution is -0.122. The van der Waals surface area contributed by atoms with Crippen molar-refractivity contribution in [3.8, 4) is 0 Å². The van der Waals surface area contributed by atoms with E-state index in [4.69, 9.17) is 0 Å². The molecule has 1 aromatic carbocycles. The lowest BCUT2D eigenvalue weighted by Gasteiger charge is -2.28. The van der Waals surface area contributed by atoms with Gasteiger partial charge in [-0.15, -0.1) is 12.4 Å². The molecule has 0 saturated carbocycles. The fourth-order valence-corrected chi connectivity index (χ4v) is 3.98. The molecule has 0 aromatic heterocycles. The van der Waals surface area contributed by atoms with Crippen molar-refractivity contribution in [1.82, 2.24) is 15.5 Å². The first-order valence-electron chi connectivity index (χ1n) is 10.2. The van der Waals surface area contributed by atoms with Crippen molar-refractivity contribution in [2.75, 3.05) is 31.5 Å². The van der Waals surface area contributed by atoms with Crippen LogP contribution in [-0.4, -0.2) is 43.0 Å². The number of hydrogen-bond donors (Lipinski definition) is 3. The number of carbonyl (C=O) groups excluding carboxylic acids is 2. The fraction of sp³-hybridized carbons (Fsp3) is 0.619. The molecule has 2 saturated heterocycles. The van der Waals surface area contributed by atoms with Gasteiger partial charge in [-0.05, 0) is 68.3 Å². The van der Waals surface area contributed by atoms with Gasteiger partial charge in [-0.1, -0.05) is 19.1 Å². The van der Waals surface area contributed by atoms with Crippen molar-refractivity contribution in [2.45, 2.75) is 45.6 Å². The van der Waals surface area contributed by atoms with E-state index in [9.17, 15) is 9.59 Å². The molecule has 2 heterocycles. The molecule has 3 N–H and O–H groups in total. The third-order valence-corrected chi connectivity index (χ3v) is 5.71. The van der Waals surface area contributed by atoms with Gasteiger partial charge in [0.1, 0.15) is 0 Å². The highest BCUT2D eigenvalue weighted by molar-refractivity contribution is 5.89. The number of urea groups is 1. The Bertz CT molecular complexity index is 643. The van der Waals surface area contributed by atoms with Gasteiger partial charge in [0.25, 0.3) is 0 Å². The zero-order chi connectivity index (χ0) is 19.1. The number of halogens is 1. The summed E-state index contributed by atoms with van der Waals surface area (Å²) in [5, 5.41) is 9.40. The molecule has 28 heavy (non-hydrogen) atoms. The van der Waals surface area contributed by atoms with Crippen LogP contribution in [0.3, 0.4) is 0 Å². The van der Waals surface area contributed by atoms with Gasteiger partial charge in [-0.25, -0.2) is 4.79 Å². The summed E-state index contributed by atoms with van der Waals surface area (Å²) in [6.07, 6.45) is 5.13. The second-order valence-corrected chi connectivity index (χ2v) is 7.89. The van der Waals surface area contributed by atoms with Crippen LogP contribution in [-0.2, 0) is 11.3 Å². The summed E-state index contributed by atoms with van der Waals surface area (Å²) in [6.45, 7) is 6.44. The number of benzene rings is 1. The molecule has 1 aromatic rings. The Labute approximate surface area is 174 Å². The second kappa shape index (κ2) is 11.3. The number of anilines is 1. The molecule has 0 bridgehead atoms. The Morgan fingerprint density at radius 1 is 1.25 bits per heavy atom. The number of nitrogens with one attached hydrogen (secondary N) is 3. The number of rotatable bonds is 6. The predicted molar refractivity (Wildman–Crippen MR) is 115 cm³/mol. The second-order valence-electron chi connectivity index (χ2n) is 7.89. The predicted octanol–water partition coefficient (Wildman–Crippen LogP) is 3.38. The SMILES string of the molecule is CC(CC(=O)NCc1cccc(NC(=O)N2CCCC2)c1)C1CCCNC1.Cl. The van der Waals surface area contributed by atoms with Crippen LogP contribution >= 0.6 is 12.4 Å². The maximum atomic E-state index is 12.3. The summed E-state index contributed by atoms with van der Waals surface area (Å²) in [6, 6.07) is 7.67. The minimum absolute atomic E-state index is 0. The van der Waals surface area contributed by atoms with Gasteiger partial charge >= 0.3 is 6.03 Å². The monoisotopic (exact) mass is 408 g/mol. The Kier molecular flexibility index (Phi) is 9.06. The van der Waals surface area contributed by atoms with Crippen molar-refractivity contribution < 1.29 is 9.59 Å². The van der Waals surface area contributed by atoms with Crippen LogP contribution in [0, 0.1) is 11.8 Å². The van der Waals surface area contributed by atoms with Crippen molar-refractivity contribution in [1.29, 1.82) is 0 Å². The molecule has 6 nitrogen and oxygen atoms in total. The van der Waals surface area contributed by atoms with E-state index in [2.05, 4.69) is 22.9 Å². The molecule has 2 aliphatic rings. The molecule has 0 radical (unpaired) electrons. The van der Waals surface area contributed by atoms with Crippen LogP contribution in [0.5, 0.6) is 0 Å². The van der Waals surface area contributed by atoms with Crippen LogP contribution in [0.25, 0.3) is 0 Å². The van der Waals surface area contributed by atoms with Gasteiger partial charge in [0.05, 0.1) is 0 Å². The van der Waals surface area contributed by atoms with Crippen molar-refractivity contribution in [3.05, 3.63) is 29.8 Å². The lowest BCUT2D eigenvalue weighted by atomic mass is 9.85. The van der Waals surface area contributed by atoms with E-state index in [1.54, 1.807) is 0 Å². The highest BCUT2D eigenvalue weighted by Crippen LogP contribution is 2.22. The summed E-state index contributed by atoms with van der Waals surface area (Å²) >= 11 is 0. The van der Waals surface area contributed by atoms with Gasteiger partial charge in [-0.3, -0.25) is 4.79 Å². The van der Waals surface area contributed by atoms with Crippen LogP contribution in [0.15, 0.2) is 24.3 Å². The number of carbonyl (C=O) groups is 2. The standard InChI is InChI=1S/C21H32N4O2.ClH/c1-16(18-7-5-9-22-15-18)12-20(26)23-14-17-6-4-8-19(13-17)24-21(27)25-10-2-3-11-25;/h4,6,8,13,16,18,22H,2-3,5,7,9-12,14-15H2,1H3,(H,23,26)(H,24,27);1H. The van der Waals surface area contributed by atoms with Gasteiger partial charge in [0.15, 0.2) is 0 Å². The summed E-state index contributed by atoms with van der Waals surface area (Å²) in [4.78, 5) is 26.3. The minimum atomic E-state index is -0.0383. The normalized spacial score (nSPS) is 20.2. The zero-order valence-electron chi connectivity index (χ0n) is 16.7. The minimum Gasteiger partial charge on any atom is -0.352 e. The summed E-state index contributed by atoms with van der Waals surface area (Å²) in [7, 11) is 0. The molecule has 2 atom stereocenters. The molecule has 0 aliphatic carbocycles. The summed E-state index contributed by atoms with van der Waals surface area (Å²) < 4.78 is 0. The lowest BCUT2D eigenvalue weighted by Crippen LogP contribution is -2.35. The number of hydrogen-bond acceptors (Lipinski definition) is 3. The van der Waals surface area contributed by atoms with Crippen molar-refractivity contribution in [3.63, 3.8) is 0 Å². The Morgan fingerprint density at radius 2 is 2.04 bits per heavy atom. The molecule has 3 amide bonds. The van der Waals surface area contributed by atoms with E-state index in [0.717, 1.165) is 50.3 Å². The number of piperidine rings is 1. The topological polar surface area (TPSA) is 73.5 Å². The van der Waals surface area contributed by atoms with E-state index in [1.807, 2.05) is 29.2 Å². The van der Waals surface area contributed by atoms with Crippen molar-refractivity contribution >= 4 is 30.0 Å². The quantitative estimate of drug-likeness (QED) is 0.675. The number of amides is 3. The first kappa shape index (κ1) is 22.5. The third kappa shape index (κ3) is 6.67. The number of likely N-dealkylation sites (tertiary alicyclic amines) is 1. The first-order valence-corrected chi connectivity index (χ1v) is 10.2. The van der Waals surface area contributed by atoms with Crippen LogP contribution in [0.2, 0.25) is 0 Å². The maximum absolute atomic E-state index is 12.3. The zero-order valence-corrected chi connectivity index (χ0v) is 17.5. The first-order chi connectivity index (χ1) is 13.1. The molecule has 0 spiro atoms. The van der Waals surface area contributed by atoms with E-state index < -0.39 is 0 Å². The van der Waals surface area contributed by atoms with Crippen LogP contribution < -0.4 is 16.0 Å². The number of nitrogens with zero attached hydrogens (tertiary/aromatic N) is 1. The molecule has 3 rings (SSSR count).